The van der Waals surface area contributed by atoms with Gasteiger partial charge in [-0.2, -0.15) is 5.10 Å². The minimum Gasteiger partial charge on any atom is -0.338 e. The van der Waals surface area contributed by atoms with E-state index < -0.39 is 0 Å². The van der Waals surface area contributed by atoms with Crippen LogP contribution in [0.15, 0.2) is 24.4 Å². The fraction of sp³-hybridized carbons (Fsp3) is 0.385. The average molecular weight is 308 g/mol. The number of hydrogen-bond donors (Lipinski definition) is 1. The molecule has 0 spiro atoms. The lowest BCUT2D eigenvalue weighted by atomic mass is 10.1. The average Bonchev–Trinajstić information content (AvgIpc) is 2.97. The summed E-state index contributed by atoms with van der Waals surface area (Å²) in [7, 11) is 0. The second kappa shape index (κ2) is 4.72. The van der Waals surface area contributed by atoms with E-state index in [2.05, 4.69) is 32.2 Å². The Kier molecular flexibility index (Phi) is 3.07. The highest BCUT2D eigenvalue weighted by molar-refractivity contribution is 9.09. The number of benzene rings is 1. The number of nitrogens with one attached hydrogen (secondary N) is 1. The summed E-state index contributed by atoms with van der Waals surface area (Å²) in [6, 6.07) is 6.06. The van der Waals surface area contributed by atoms with Crippen LogP contribution in [0, 0.1) is 5.92 Å². The van der Waals surface area contributed by atoms with Gasteiger partial charge in [-0.1, -0.05) is 28.1 Å². The molecule has 1 saturated heterocycles. The predicted molar refractivity (Wildman–Crippen MR) is 73.4 cm³/mol. The number of rotatable bonds is 3. The van der Waals surface area contributed by atoms with Crippen molar-refractivity contribution in [2.45, 2.75) is 13.0 Å². The molecule has 2 aromatic rings. The first-order valence-electron chi connectivity index (χ1n) is 6.02. The Bertz CT molecular complexity index is 580. The Morgan fingerprint density at radius 1 is 1.50 bits per heavy atom. The fourth-order valence-corrected chi connectivity index (χ4v) is 2.92. The van der Waals surface area contributed by atoms with Crippen LogP contribution >= 0.6 is 15.9 Å². The van der Waals surface area contributed by atoms with E-state index in [9.17, 15) is 4.79 Å². The van der Waals surface area contributed by atoms with Crippen molar-refractivity contribution in [2.75, 3.05) is 11.9 Å². The fourth-order valence-electron chi connectivity index (χ4n) is 2.48. The standard InChI is InChI=1S/C13H14BrN3O/c14-5-9-4-13(18)17(7-9)8-10-2-1-3-12-11(10)6-15-16-12/h1-3,6,9H,4-5,7-8H2,(H,15,16). The Labute approximate surface area is 113 Å². The third-order valence-electron chi connectivity index (χ3n) is 3.45. The zero-order valence-electron chi connectivity index (χ0n) is 9.90. The van der Waals surface area contributed by atoms with E-state index >= 15 is 0 Å². The van der Waals surface area contributed by atoms with Crippen molar-refractivity contribution in [3.8, 4) is 0 Å². The quantitative estimate of drug-likeness (QED) is 0.885. The molecule has 4 nitrogen and oxygen atoms in total. The summed E-state index contributed by atoms with van der Waals surface area (Å²) in [6.07, 6.45) is 2.49. The molecule has 94 valence electrons. The van der Waals surface area contributed by atoms with Gasteiger partial charge in [-0.05, 0) is 17.5 Å². The molecule has 1 amide bonds. The van der Waals surface area contributed by atoms with E-state index in [1.165, 1.54) is 0 Å². The van der Waals surface area contributed by atoms with Crippen molar-refractivity contribution < 1.29 is 4.79 Å². The molecule has 0 bridgehead atoms. The molecule has 1 fully saturated rings. The molecule has 1 aliphatic rings. The number of halogens is 1. The van der Waals surface area contributed by atoms with Gasteiger partial charge in [-0.3, -0.25) is 9.89 Å². The maximum atomic E-state index is 11.9. The number of aromatic amines is 1. The van der Waals surface area contributed by atoms with Crippen LogP contribution < -0.4 is 0 Å². The van der Waals surface area contributed by atoms with Crippen molar-refractivity contribution in [3.63, 3.8) is 0 Å². The number of nitrogens with zero attached hydrogens (tertiary/aromatic N) is 2. The van der Waals surface area contributed by atoms with Gasteiger partial charge in [0.05, 0.1) is 11.7 Å². The van der Waals surface area contributed by atoms with Gasteiger partial charge in [0.2, 0.25) is 5.91 Å². The van der Waals surface area contributed by atoms with Gasteiger partial charge in [0.25, 0.3) is 0 Å². The number of H-pyrrole nitrogens is 1. The maximum absolute atomic E-state index is 11.9. The number of amides is 1. The molecule has 0 saturated carbocycles. The van der Waals surface area contributed by atoms with Gasteiger partial charge in [-0.25, -0.2) is 0 Å². The van der Waals surface area contributed by atoms with E-state index in [1.807, 2.05) is 23.2 Å². The first-order valence-corrected chi connectivity index (χ1v) is 7.15. The minimum absolute atomic E-state index is 0.250. The van der Waals surface area contributed by atoms with Crippen LogP contribution in [0.25, 0.3) is 10.9 Å². The highest BCUT2D eigenvalue weighted by atomic mass is 79.9. The first kappa shape index (κ1) is 11.7. The van der Waals surface area contributed by atoms with Crippen LogP contribution in [0.5, 0.6) is 0 Å². The summed E-state index contributed by atoms with van der Waals surface area (Å²) in [6.45, 7) is 1.53. The van der Waals surface area contributed by atoms with E-state index in [4.69, 9.17) is 0 Å². The second-order valence-corrected chi connectivity index (χ2v) is 5.39. The van der Waals surface area contributed by atoms with Crippen molar-refractivity contribution in [3.05, 3.63) is 30.0 Å². The number of likely N-dealkylation sites (tertiary alicyclic amines) is 1. The van der Waals surface area contributed by atoms with E-state index in [0.717, 1.165) is 28.3 Å². The summed E-state index contributed by atoms with van der Waals surface area (Å²) >= 11 is 3.46. The summed E-state index contributed by atoms with van der Waals surface area (Å²) in [5.41, 5.74) is 2.18. The van der Waals surface area contributed by atoms with Crippen LogP contribution in [-0.4, -0.2) is 32.9 Å². The Balaban J connectivity index is 1.84. The van der Waals surface area contributed by atoms with Crippen LogP contribution in [0.1, 0.15) is 12.0 Å². The highest BCUT2D eigenvalue weighted by Gasteiger charge is 2.28. The molecule has 1 aromatic heterocycles. The van der Waals surface area contributed by atoms with Crippen LogP contribution in [0.3, 0.4) is 0 Å². The zero-order chi connectivity index (χ0) is 12.5. The topological polar surface area (TPSA) is 49.0 Å². The van der Waals surface area contributed by atoms with Crippen molar-refractivity contribution in [1.82, 2.24) is 15.1 Å². The molecule has 1 aromatic carbocycles. The van der Waals surface area contributed by atoms with Crippen LogP contribution in [-0.2, 0) is 11.3 Å². The highest BCUT2D eigenvalue weighted by Crippen LogP contribution is 2.24. The van der Waals surface area contributed by atoms with Crippen molar-refractivity contribution >= 4 is 32.7 Å². The number of alkyl halides is 1. The van der Waals surface area contributed by atoms with Gasteiger partial charge < -0.3 is 4.90 Å². The molecule has 0 aliphatic carbocycles. The number of carbonyl (C=O) groups is 1. The Morgan fingerprint density at radius 3 is 3.17 bits per heavy atom. The van der Waals surface area contributed by atoms with E-state index in [0.29, 0.717) is 18.9 Å². The maximum Gasteiger partial charge on any atom is 0.223 e. The zero-order valence-corrected chi connectivity index (χ0v) is 11.5. The van der Waals surface area contributed by atoms with E-state index in [1.54, 1.807) is 0 Å². The largest absolute Gasteiger partial charge is 0.338 e. The molecule has 1 unspecified atom stereocenters. The molecule has 1 atom stereocenters. The van der Waals surface area contributed by atoms with Gasteiger partial charge >= 0.3 is 0 Å². The third-order valence-corrected chi connectivity index (χ3v) is 4.36. The van der Waals surface area contributed by atoms with Gasteiger partial charge in [0, 0.05) is 30.2 Å². The molecule has 5 heteroatoms. The van der Waals surface area contributed by atoms with Crippen molar-refractivity contribution in [1.29, 1.82) is 0 Å². The number of fused-ring (bicyclic) bond motifs is 1. The molecular weight excluding hydrogens is 294 g/mol. The molecular formula is C13H14BrN3O. The molecule has 1 aliphatic heterocycles. The summed E-state index contributed by atoms with van der Waals surface area (Å²) in [5, 5.41) is 9.00. The molecule has 18 heavy (non-hydrogen) atoms. The molecule has 1 N–H and O–H groups in total. The number of aromatic nitrogens is 2. The smallest absolute Gasteiger partial charge is 0.223 e. The lowest BCUT2D eigenvalue weighted by Gasteiger charge is -2.16. The van der Waals surface area contributed by atoms with Crippen LogP contribution in [0.4, 0.5) is 0 Å². The lowest BCUT2D eigenvalue weighted by Crippen LogP contribution is -2.24. The summed E-state index contributed by atoms with van der Waals surface area (Å²) < 4.78 is 0. The Morgan fingerprint density at radius 2 is 2.39 bits per heavy atom. The van der Waals surface area contributed by atoms with Crippen LogP contribution in [0.2, 0.25) is 0 Å². The second-order valence-electron chi connectivity index (χ2n) is 4.75. The van der Waals surface area contributed by atoms with Gasteiger partial charge in [0.1, 0.15) is 0 Å². The summed E-state index contributed by atoms with van der Waals surface area (Å²) in [4.78, 5) is 13.8. The predicted octanol–water partition coefficient (Wildman–Crippen LogP) is 2.31. The first-order chi connectivity index (χ1) is 8.78. The Hall–Kier alpha value is -1.36. The van der Waals surface area contributed by atoms with Crippen molar-refractivity contribution in [2.24, 2.45) is 5.92 Å². The monoisotopic (exact) mass is 307 g/mol. The minimum atomic E-state index is 0.250. The van der Waals surface area contributed by atoms with Gasteiger partial charge in [-0.15, -0.1) is 0 Å². The lowest BCUT2D eigenvalue weighted by molar-refractivity contribution is -0.128. The summed E-state index contributed by atoms with van der Waals surface area (Å²) in [5.74, 6) is 0.695. The molecule has 2 heterocycles. The SMILES string of the molecule is O=C1CC(CBr)CN1Cc1cccc2[nH]ncc12. The normalized spacial score (nSPS) is 19.9. The molecule has 3 rings (SSSR count). The molecule has 0 radical (unpaired) electrons. The van der Waals surface area contributed by atoms with Gasteiger partial charge in [0.15, 0.2) is 0 Å². The number of hydrogen-bond acceptors (Lipinski definition) is 2. The third kappa shape index (κ3) is 2.03. The number of carbonyl (C=O) groups excluding carboxylic acids is 1. The van der Waals surface area contributed by atoms with E-state index in [-0.39, 0.29) is 5.91 Å².